The second-order valence-electron chi connectivity index (χ2n) is 9.67. The third-order valence-electron chi connectivity index (χ3n) is 6.11. The van der Waals surface area contributed by atoms with E-state index in [2.05, 4.69) is 17.6 Å². The van der Waals surface area contributed by atoms with Crippen LogP contribution in [0.15, 0.2) is 22.8 Å². The van der Waals surface area contributed by atoms with Crippen molar-refractivity contribution in [2.75, 3.05) is 12.4 Å². The van der Waals surface area contributed by atoms with Crippen LogP contribution in [0, 0.1) is 11.8 Å². The number of Topliss-reactive ketones (excluding diaryl/α,β-unsaturated/α-hetero) is 1. The maximum Gasteiger partial charge on any atom is 0.407 e. The third-order valence-corrected chi connectivity index (χ3v) is 7.09. The van der Waals surface area contributed by atoms with E-state index in [4.69, 9.17) is 9.15 Å². The third kappa shape index (κ3) is 11.0. The minimum Gasteiger partial charge on any atom is -0.468 e. The van der Waals surface area contributed by atoms with Gasteiger partial charge in [-0.1, -0.05) is 52.9 Å². The number of thioether (sulfide) groups is 1. The number of unbranched alkanes of at least 4 members (excludes halogenated alkanes) is 1. The van der Waals surface area contributed by atoms with E-state index in [0.717, 1.165) is 31.4 Å². The molecule has 0 spiro atoms. The molecule has 192 valence electrons. The summed E-state index contributed by atoms with van der Waals surface area (Å²) < 4.78 is 10.8. The quantitative estimate of drug-likeness (QED) is 0.335. The molecule has 1 aromatic rings. The van der Waals surface area contributed by atoms with Crippen molar-refractivity contribution >= 4 is 29.5 Å². The molecule has 0 saturated heterocycles. The Kier molecular flexibility index (Phi) is 13.2. The number of amides is 2. The van der Waals surface area contributed by atoms with Crippen molar-refractivity contribution in [1.29, 1.82) is 0 Å². The Labute approximate surface area is 208 Å². The predicted molar refractivity (Wildman–Crippen MR) is 136 cm³/mol. The molecule has 0 unspecified atom stereocenters. The lowest BCUT2D eigenvalue weighted by Gasteiger charge is -2.25. The fourth-order valence-electron chi connectivity index (χ4n) is 4.18. The van der Waals surface area contributed by atoms with Crippen LogP contribution in [0.25, 0.3) is 0 Å². The molecule has 34 heavy (non-hydrogen) atoms. The van der Waals surface area contributed by atoms with Crippen LogP contribution in [-0.2, 0) is 20.1 Å². The topological polar surface area (TPSA) is 97.6 Å². The lowest BCUT2D eigenvalue weighted by atomic mass is 9.90. The van der Waals surface area contributed by atoms with Gasteiger partial charge in [0.25, 0.3) is 0 Å². The molecule has 1 fully saturated rings. The van der Waals surface area contributed by atoms with Gasteiger partial charge >= 0.3 is 6.09 Å². The van der Waals surface area contributed by atoms with Gasteiger partial charge in [-0.3, -0.25) is 9.59 Å². The van der Waals surface area contributed by atoms with Crippen LogP contribution < -0.4 is 10.6 Å². The molecular weight excluding hydrogens is 452 g/mol. The summed E-state index contributed by atoms with van der Waals surface area (Å²) in [6.45, 7) is 6.45. The van der Waals surface area contributed by atoms with Gasteiger partial charge in [0.2, 0.25) is 5.91 Å². The first-order valence-corrected chi connectivity index (χ1v) is 13.9. The van der Waals surface area contributed by atoms with Crippen molar-refractivity contribution in [1.82, 2.24) is 10.6 Å². The van der Waals surface area contributed by atoms with Gasteiger partial charge in [-0.25, -0.2) is 4.79 Å². The van der Waals surface area contributed by atoms with Gasteiger partial charge in [0.1, 0.15) is 11.8 Å². The fourth-order valence-corrected chi connectivity index (χ4v) is 5.05. The van der Waals surface area contributed by atoms with E-state index in [-0.39, 0.29) is 17.6 Å². The molecule has 1 saturated carbocycles. The summed E-state index contributed by atoms with van der Waals surface area (Å²) in [6, 6.07) is 2.41. The Hall–Kier alpha value is -1.96. The molecule has 1 aliphatic rings. The summed E-state index contributed by atoms with van der Waals surface area (Å²) in [6.07, 6.45) is 9.67. The minimum atomic E-state index is -0.730. The van der Waals surface area contributed by atoms with E-state index in [1.54, 1.807) is 6.26 Å². The van der Waals surface area contributed by atoms with Gasteiger partial charge in [0, 0.05) is 0 Å². The Bertz CT molecular complexity index is 732. The highest BCUT2D eigenvalue weighted by atomic mass is 32.2. The molecule has 2 atom stereocenters. The second kappa shape index (κ2) is 15.8. The van der Waals surface area contributed by atoms with E-state index < -0.39 is 18.2 Å². The van der Waals surface area contributed by atoms with Crippen LogP contribution in [-0.4, -0.2) is 42.2 Å². The SMILES string of the molecule is CCCC[C@H](NC(=O)[C@H](CC(C)C)NC(=O)OCC1CCCCC1)C(=O)CSCc1ccco1. The lowest BCUT2D eigenvalue weighted by molar-refractivity contribution is -0.128. The van der Waals surface area contributed by atoms with E-state index in [0.29, 0.717) is 36.9 Å². The van der Waals surface area contributed by atoms with E-state index in [1.165, 1.54) is 31.0 Å². The highest BCUT2D eigenvalue weighted by molar-refractivity contribution is 7.99. The molecule has 2 N–H and O–H groups in total. The van der Waals surface area contributed by atoms with Crippen LogP contribution in [0.4, 0.5) is 4.79 Å². The Morgan fingerprint density at radius 3 is 2.56 bits per heavy atom. The van der Waals surface area contributed by atoms with Crippen molar-refractivity contribution in [2.45, 2.75) is 96.4 Å². The normalized spacial score (nSPS) is 16.1. The zero-order chi connectivity index (χ0) is 24.8. The monoisotopic (exact) mass is 494 g/mol. The summed E-state index contributed by atoms with van der Waals surface area (Å²) >= 11 is 1.47. The zero-order valence-corrected chi connectivity index (χ0v) is 21.8. The maximum absolute atomic E-state index is 13.1. The smallest absolute Gasteiger partial charge is 0.407 e. The van der Waals surface area contributed by atoms with E-state index in [1.807, 2.05) is 26.0 Å². The fraction of sp³-hybridized carbons (Fsp3) is 0.731. The van der Waals surface area contributed by atoms with Gasteiger partial charge in [-0.05, 0) is 49.7 Å². The molecule has 2 rings (SSSR count). The van der Waals surface area contributed by atoms with Gasteiger partial charge < -0.3 is 19.8 Å². The van der Waals surface area contributed by atoms with Crippen LogP contribution >= 0.6 is 11.8 Å². The van der Waals surface area contributed by atoms with Crippen LogP contribution in [0.5, 0.6) is 0 Å². The highest BCUT2D eigenvalue weighted by Crippen LogP contribution is 2.23. The zero-order valence-electron chi connectivity index (χ0n) is 21.0. The van der Waals surface area contributed by atoms with Crippen LogP contribution in [0.2, 0.25) is 0 Å². The summed E-state index contributed by atoms with van der Waals surface area (Å²) in [7, 11) is 0. The summed E-state index contributed by atoms with van der Waals surface area (Å²) in [5.74, 6) is 1.99. The number of carbonyl (C=O) groups excluding carboxylic acids is 3. The van der Waals surface area contributed by atoms with Crippen molar-refractivity contribution in [3.05, 3.63) is 24.2 Å². The molecular formula is C26H42N2O5S. The van der Waals surface area contributed by atoms with Crippen molar-refractivity contribution < 1.29 is 23.5 Å². The van der Waals surface area contributed by atoms with E-state index >= 15 is 0 Å². The molecule has 1 aromatic heterocycles. The van der Waals surface area contributed by atoms with Crippen molar-refractivity contribution in [3.63, 3.8) is 0 Å². The molecule has 1 aliphatic carbocycles. The number of carbonyl (C=O) groups is 3. The number of hydrogen-bond acceptors (Lipinski definition) is 6. The minimum absolute atomic E-state index is 0.0125. The number of hydrogen-bond donors (Lipinski definition) is 2. The molecule has 1 heterocycles. The Morgan fingerprint density at radius 2 is 1.91 bits per heavy atom. The number of furan rings is 1. The standard InChI is InChI=1S/C26H42N2O5S/c1-4-5-13-22(24(29)18-34-17-21-12-9-14-32-21)27-25(30)23(15-19(2)3)28-26(31)33-16-20-10-7-6-8-11-20/h9,12,14,19-20,22-23H,4-8,10-11,13,15-18H2,1-3H3,(H,27,30)(H,28,31)/t22-,23-/m0/s1. The number of nitrogens with one attached hydrogen (secondary N) is 2. The van der Waals surface area contributed by atoms with Crippen LogP contribution in [0.1, 0.15) is 84.3 Å². The summed E-state index contributed by atoms with van der Waals surface area (Å²) in [4.78, 5) is 38.4. The molecule has 8 heteroatoms. The maximum atomic E-state index is 13.1. The first-order valence-electron chi connectivity index (χ1n) is 12.8. The number of ether oxygens (including phenoxy) is 1. The van der Waals surface area contributed by atoms with Gasteiger partial charge in [-0.15, -0.1) is 11.8 Å². The summed E-state index contributed by atoms with van der Waals surface area (Å²) in [5.41, 5.74) is 0. The first-order chi connectivity index (χ1) is 16.4. The molecule has 0 radical (unpaired) electrons. The number of ketones is 1. The van der Waals surface area contributed by atoms with E-state index in [9.17, 15) is 14.4 Å². The van der Waals surface area contributed by atoms with Gasteiger partial charge in [0.15, 0.2) is 5.78 Å². The highest BCUT2D eigenvalue weighted by Gasteiger charge is 2.28. The lowest BCUT2D eigenvalue weighted by Crippen LogP contribution is -2.52. The average Bonchev–Trinajstić information content (AvgIpc) is 3.33. The first kappa shape index (κ1) is 28.3. The van der Waals surface area contributed by atoms with Crippen LogP contribution in [0.3, 0.4) is 0 Å². The summed E-state index contributed by atoms with van der Waals surface area (Å²) in [5, 5.41) is 5.66. The van der Waals surface area contributed by atoms with Crippen molar-refractivity contribution in [2.24, 2.45) is 11.8 Å². The predicted octanol–water partition coefficient (Wildman–Crippen LogP) is 5.48. The Morgan fingerprint density at radius 1 is 1.15 bits per heavy atom. The Balaban J connectivity index is 1.89. The second-order valence-corrected chi connectivity index (χ2v) is 10.7. The molecule has 2 amide bonds. The largest absolute Gasteiger partial charge is 0.468 e. The molecule has 0 bridgehead atoms. The molecule has 7 nitrogen and oxygen atoms in total. The van der Waals surface area contributed by atoms with Gasteiger partial charge in [0.05, 0.1) is 30.4 Å². The van der Waals surface area contributed by atoms with Gasteiger partial charge in [-0.2, -0.15) is 0 Å². The van der Waals surface area contributed by atoms with Crippen molar-refractivity contribution in [3.8, 4) is 0 Å². The number of rotatable bonds is 15. The number of alkyl carbamates (subject to hydrolysis) is 1. The molecule has 0 aromatic carbocycles. The molecule has 0 aliphatic heterocycles. The average molecular weight is 495 g/mol.